The number of ether oxygens (including phenoxy) is 1. The van der Waals surface area contributed by atoms with Gasteiger partial charge in [0, 0.05) is 31.0 Å². The maximum absolute atomic E-state index is 6.21. The molecule has 1 heterocycles. The molecule has 2 aromatic rings. The first-order valence-electron chi connectivity index (χ1n) is 7.69. The maximum Gasteiger partial charge on any atom is 0.173 e. The Morgan fingerprint density at radius 3 is 2.83 bits per heavy atom. The van der Waals surface area contributed by atoms with Crippen molar-refractivity contribution < 1.29 is 4.74 Å². The minimum Gasteiger partial charge on any atom is -0.382 e. The van der Waals surface area contributed by atoms with E-state index in [1.54, 1.807) is 10.9 Å². The van der Waals surface area contributed by atoms with Crippen LogP contribution in [0.1, 0.15) is 18.9 Å². The Labute approximate surface area is 157 Å². The lowest BCUT2D eigenvalue weighted by Crippen LogP contribution is -2.30. The van der Waals surface area contributed by atoms with Crippen LogP contribution in [-0.2, 0) is 11.3 Å². The molecule has 5 nitrogen and oxygen atoms in total. The van der Waals surface area contributed by atoms with Crippen LogP contribution in [0.3, 0.4) is 0 Å². The van der Waals surface area contributed by atoms with E-state index in [2.05, 4.69) is 15.7 Å². The predicted molar refractivity (Wildman–Crippen MR) is 103 cm³/mol. The summed E-state index contributed by atoms with van der Waals surface area (Å²) in [5, 5.41) is 12.2. The molecule has 0 fully saturated rings. The topological polar surface area (TPSA) is 51.1 Å². The SMILES string of the molecule is CCOCCCNC(=S)Nc1nn(Cc2ccccc2Cl)cc1Cl. The van der Waals surface area contributed by atoms with Crippen LogP contribution in [0, 0.1) is 0 Å². The van der Waals surface area contributed by atoms with E-state index in [1.807, 2.05) is 31.2 Å². The highest BCUT2D eigenvalue weighted by Crippen LogP contribution is 2.21. The van der Waals surface area contributed by atoms with Crippen molar-refractivity contribution in [3.8, 4) is 0 Å². The molecule has 24 heavy (non-hydrogen) atoms. The van der Waals surface area contributed by atoms with Crippen molar-refractivity contribution in [2.24, 2.45) is 0 Å². The van der Waals surface area contributed by atoms with Crippen LogP contribution >= 0.6 is 35.4 Å². The number of halogens is 2. The van der Waals surface area contributed by atoms with E-state index in [4.69, 9.17) is 40.2 Å². The van der Waals surface area contributed by atoms with Crippen molar-refractivity contribution in [3.63, 3.8) is 0 Å². The summed E-state index contributed by atoms with van der Waals surface area (Å²) in [6, 6.07) is 7.63. The van der Waals surface area contributed by atoms with Crippen molar-refractivity contribution in [2.45, 2.75) is 19.9 Å². The molecule has 2 rings (SSSR count). The van der Waals surface area contributed by atoms with Gasteiger partial charge in [-0.25, -0.2) is 0 Å². The average molecular weight is 387 g/mol. The Morgan fingerprint density at radius 2 is 2.08 bits per heavy atom. The van der Waals surface area contributed by atoms with Crippen LogP contribution in [0.25, 0.3) is 0 Å². The first-order valence-corrected chi connectivity index (χ1v) is 8.85. The molecular formula is C16H20Cl2N4OS. The van der Waals surface area contributed by atoms with Crippen LogP contribution < -0.4 is 10.6 Å². The number of thiocarbonyl (C=S) groups is 1. The fourth-order valence-corrected chi connectivity index (χ4v) is 2.63. The summed E-state index contributed by atoms with van der Waals surface area (Å²) < 4.78 is 7.00. The van der Waals surface area contributed by atoms with Gasteiger partial charge in [-0.05, 0) is 37.2 Å². The Balaban J connectivity index is 1.87. The van der Waals surface area contributed by atoms with E-state index in [1.165, 1.54) is 0 Å². The highest BCUT2D eigenvalue weighted by molar-refractivity contribution is 7.80. The van der Waals surface area contributed by atoms with Gasteiger partial charge in [0.2, 0.25) is 0 Å². The summed E-state index contributed by atoms with van der Waals surface area (Å²) in [4.78, 5) is 0. The van der Waals surface area contributed by atoms with Gasteiger partial charge in [0.05, 0.1) is 6.54 Å². The minimum absolute atomic E-state index is 0.483. The highest BCUT2D eigenvalue weighted by Gasteiger charge is 2.10. The van der Waals surface area contributed by atoms with Crippen LogP contribution in [0.15, 0.2) is 30.5 Å². The largest absolute Gasteiger partial charge is 0.382 e. The second kappa shape index (κ2) is 9.84. The third kappa shape index (κ3) is 5.94. The highest BCUT2D eigenvalue weighted by atomic mass is 35.5. The zero-order valence-electron chi connectivity index (χ0n) is 13.4. The molecule has 0 spiro atoms. The molecule has 0 saturated heterocycles. The van der Waals surface area contributed by atoms with Crippen LogP contribution in [-0.4, -0.2) is 34.7 Å². The summed E-state index contributed by atoms with van der Waals surface area (Å²) in [5.41, 5.74) is 0.974. The molecule has 0 atom stereocenters. The van der Waals surface area contributed by atoms with E-state index < -0.39 is 0 Å². The minimum atomic E-state index is 0.483. The fourth-order valence-electron chi connectivity index (χ4n) is 2.04. The van der Waals surface area contributed by atoms with Gasteiger partial charge < -0.3 is 15.4 Å². The quantitative estimate of drug-likeness (QED) is 0.531. The summed E-state index contributed by atoms with van der Waals surface area (Å²) in [6.45, 7) is 4.67. The first-order chi connectivity index (χ1) is 11.6. The maximum atomic E-state index is 6.21. The van der Waals surface area contributed by atoms with E-state index in [0.717, 1.165) is 25.1 Å². The summed E-state index contributed by atoms with van der Waals surface area (Å²) >= 11 is 17.6. The Bertz CT molecular complexity index is 678. The first kappa shape index (κ1) is 19.0. The number of aromatic nitrogens is 2. The van der Waals surface area contributed by atoms with Crippen molar-refractivity contribution in [1.82, 2.24) is 15.1 Å². The molecule has 0 saturated carbocycles. The Hall–Kier alpha value is -1.34. The number of benzene rings is 1. The number of nitrogens with one attached hydrogen (secondary N) is 2. The number of nitrogens with zero attached hydrogens (tertiary/aromatic N) is 2. The molecule has 1 aromatic heterocycles. The van der Waals surface area contributed by atoms with Gasteiger partial charge in [-0.15, -0.1) is 0 Å². The summed E-state index contributed by atoms with van der Waals surface area (Å²) in [6.07, 6.45) is 2.62. The third-order valence-corrected chi connectivity index (χ3v) is 4.09. The zero-order chi connectivity index (χ0) is 17.4. The second-order valence-corrected chi connectivity index (χ2v) is 6.27. The van der Waals surface area contributed by atoms with Gasteiger partial charge in [0.1, 0.15) is 5.02 Å². The Morgan fingerprint density at radius 1 is 1.29 bits per heavy atom. The molecule has 0 aliphatic rings. The van der Waals surface area contributed by atoms with E-state index >= 15 is 0 Å². The van der Waals surface area contributed by atoms with Gasteiger partial charge >= 0.3 is 0 Å². The molecule has 130 valence electrons. The van der Waals surface area contributed by atoms with Crippen LogP contribution in [0.4, 0.5) is 5.82 Å². The number of rotatable bonds is 8. The molecule has 0 radical (unpaired) electrons. The van der Waals surface area contributed by atoms with Crippen LogP contribution in [0.5, 0.6) is 0 Å². The lowest BCUT2D eigenvalue weighted by atomic mass is 10.2. The lowest BCUT2D eigenvalue weighted by Gasteiger charge is -2.09. The molecule has 0 aliphatic heterocycles. The van der Waals surface area contributed by atoms with E-state index in [-0.39, 0.29) is 0 Å². The molecule has 0 unspecified atom stereocenters. The fraction of sp³-hybridized carbons (Fsp3) is 0.375. The Kier molecular flexibility index (Phi) is 7.78. The van der Waals surface area contributed by atoms with E-state index in [9.17, 15) is 0 Å². The van der Waals surface area contributed by atoms with Crippen molar-refractivity contribution in [3.05, 3.63) is 46.1 Å². The lowest BCUT2D eigenvalue weighted by molar-refractivity contribution is 0.146. The average Bonchev–Trinajstić information content (AvgIpc) is 2.89. The molecule has 0 aliphatic carbocycles. The van der Waals surface area contributed by atoms with E-state index in [0.29, 0.717) is 34.1 Å². The van der Waals surface area contributed by atoms with Gasteiger partial charge in [-0.1, -0.05) is 41.4 Å². The monoisotopic (exact) mass is 386 g/mol. The third-order valence-electron chi connectivity index (χ3n) is 3.19. The molecule has 8 heteroatoms. The number of anilines is 1. The number of hydrogen-bond acceptors (Lipinski definition) is 3. The zero-order valence-corrected chi connectivity index (χ0v) is 15.7. The van der Waals surface area contributed by atoms with Gasteiger partial charge in [0.25, 0.3) is 0 Å². The number of hydrogen-bond donors (Lipinski definition) is 2. The van der Waals surface area contributed by atoms with Crippen molar-refractivity contribution >= 4 is 46.4 Å². The van der Waals surface area contributed by atoms with Gasteiger partial charge in [0.15, 0.2) is 10.9 Å². The predicted octanol–water partition coefficient (Wildman–Crippen LogP) is 3.95. The summed E-state index contributed by atoms with van der Waals surface area (Å²) in [7, 11) is 0. The molecule has 0 amide bonds. The molecular weight excluding hydrogens is 367 g/mol. The van der Waals surface area contributed by atoms with Gasteiger partial charge in [-0.2, -0.15) is 5.10 Å². The van der Waals surface area contributed by atoms with Crippen molar-refractivity contribution in [2.75, 3.05) is 25.1 Å². The smallest absolute Gasteiger partial charge is 0.173 e. The molecule has 1 aromatic carbocycles. The molecule has 2 N–H and O–H groups in total. The second-order valence-electron chi connectivity index (χ2n) is 5.05. The summed E-state index contributed by atoms with van der Waals surface area (Å²) in [5.74, 6) is 0.519. The normalized spacial score (nSPS) is 10.6. The molecule has 0 bridgehead atoms. The standard InChI is InChI=1S/C16H20Cl2N4OS/c1-2-23-9-5-8-19-16(24)20-15-14(18)11-22(21-15)10-12-6-3-4-7-13(12)17/h3-4,6-7,11H,2,5,8-10H2,1H3,(H2,19,20,21,24). The van der Waals surface area contributed by atoms with Gasteiger partial charge in [-0.3, -0.25) is 4.68 Å². The van der Waals surface area contributed by atoms with Crippen molar-refractivity contribution in [1.29, 1.82) is 0 Å². The van der Waals surface area contributed by atoms with Crippen LogP contribution in [0.2, 0.25) is 10.0 Å².